The molecule has 0 saturated carbocycles. The van der Waals surface area contributed by atoms with Gasteiger partial charge in [0.05, 0.1) is 6.61 Å². The Morgan fingerprint density at radius 1 is 1.05 bits per heavy atom. The lowest BCUT2D eigenvalue weighted by Crippen LogP contribution is -2.48. The van der Waals surface area contributed by atoms with Gasteiger partial charge >= 0.3 is 7.12 Å². The van der Waals surface area contributed by atoms with E-state index < -0.39 is 7.12 Å². The average Bonchev–Trinajstić information content (AvgIpc) is 2.48. The largest absolute Gasteiger partial charge is 0.451 e. The molecule has 0 amide bonds. The second-order valence-electron chi connectivity index (χ2n) is 5.99. The number of rotatable bonds is 11. The van der Waals surface area contributed by atoms with Gasteiger partial charge in [0.2, 0.25) is 0 Å². The number of ether oxygens (including phenoxy) is 1. The van der Waals surface area contributed by atoms with Crippen molar-refractivity contribution in [2.75, 3.05) is 53.0 Å². The van der Waals surface area contributed by atoms with Crippen molar-refractivity contribution in [3.63, 3.8) is 0 Å². The smallest absolute Gasteiger partial charge is 0.427 e. The van der Waals surface area contributed by atoms with E-state index in [1.807, 2.05) is 0 Å². The van der Waals surface area contributed by atoms with Crippen LogP contribution in [-0.4, -0.2) is 86.0 Å². The molecule has 0 spiro atoms. The molecule has 0 aliphatic carbocycles. The van der Waals surface area contributed by atoms with Gasteiger partial charge in [-0.05, 0) is 25.7 Å². The summed E-state index contributed by atoms with van der Waals surface area (Å²) in [5.41, 5.74) is 6.12. The van der Waals surface area contributed by atoms with Crippen LogP contribution in [0.2, 0.25) is 6.32 Å². The van der Waals surface area contributed by atoms with Crippen molar-refractivity contribution in [2.45, 2.75) is 38.0 Å². The van der Waals surface area contributed by atoms with Gasteiger partial charge in [-0.2, -0.15) is 0 Å². The highest BCUT2D eigenvalue weighted by Gasteiger charge is 2.17. The van der Waals surface area contributed by atoms with E-state index >= 15 is 0 Å². The summed E-state index contributed by atoms with van der Waals surface area (Å²) in [7, 11) is 0.578. The van der Waals surface area contributed by atoms with Gasteiger partial charge in [-0.1, -0.05) is 12.8 Å². The van der Waals surface area contributed by atoms with E-state index in [-0.39, 0.29) is 6.04 Å². The Kier molecular flexibility index (Phi) is 10.2. The third kappa shape index (κ3) is 9.44. The van der Waals surface area contributed by atoms with Gasteiger partial charge < -0.3 is 25.4 Å². The van der Waals surface area contributed by atoms with Crippen LogP contribution in [0.1, 0.15) is 25.7 Å². The zero-order valence-electron chi connectivity index (χ0n) is 13.4. The van der Waals surface area contributed by atoms with Crippen molar-refractivity contribution in [3.8, 4) is 0 Å². The summed E-state index contributed by atoms with van der Waals surface area (Å²) in [4.78, 5) is 4.93. The number of piperazine rings is 1. The first kappa shape index (κ1) is 18.9. The summed E-state index contributed by atoms with van der Waals surface area (Å²) < 4.78 is 5.11. The van der Waals surface area contributed by atoms with Crippen LogP contribution in [0.4, 0.5) is 0 Å². The first-order chi connectivity index (χ1) is 10.1. The SMILES string of the molecule is COCCN1CCN(CCC(N)CCCCB(O)O)CC1. The molecular weight excluding hydrogens is 269 g/mol. The molecule has 4 N–H and O–H groups in total. The van der Waals surface area contributed by atoms with Gasteiger partial charge in [0.1, 0.15) is 0 Å². The lowest BCUT2D eigenvalue weighted by molar-refractivity contribution is 0.0954. The minimum absolute atomic E-state index is 0.229. The number of unbranched alkanes of at least 4 members (excludes halogenated alkanes) is 1. The van der Waals surface area contributed by atoms with E-state index in [9.17, 15) is 0 Å². The van der Waals surface area contributed by atoms with Crippen LogP contribution in [0.25, 0.3) is 0 Å². The molecule has 7 heteroatoms. The van der Waals surface area contributed by atoms with Crippen LogP contribution < -0.4 is 5.73 Å². The van der Waals surface area contributed by atoms with Crippen LogP contribution in [0.3, 0.4) is 0 Å². The third-order valence-electron chi connectivity index (χ3n) is 4.18. The molecule has 1 aliphatic heterocycles. The minimum atomic E-state index is -1.17. The molecule has 0 radical (unpaired) electrons. The highest BCUT2D eigenvalue weighted by Crippen LogP contribution is 2.08. The summed E-state index contributed by atoms with van der Waals surface area (Å²) >= 11 is 0. The number of nitrogens with zero attached hydrogens (tertiary/aromatic N) is 2. The summed E-state index contributed by atoms with van der Waals surface area (Å²) in [6.07, 6.45) is 4.27. The second-order valence-corrected chi connectivity index (χ2v) is 5.99. The van der Waals surface area contributed by atoms with Gasteiger partial charge in [0, 0.05) is 45.9 Å². The Balaban J connectivity index is 2.00. The number of hydrogen-bond acceptors (Lipinski definition) is 6. The molecule has 1 saturated heterocycles. The van der Waals surface area contributed by atoms with Crippen molar-refractivity contribution >= 4 is 7.12 Å². The monoisotopic (exact) mass is 301 g/mol. The fraction of sp³-hybridized carbons (Fsp3) is 1.00. The summed E-state index contributed by atoms with van der Waals surface area (Å²) in [6, 6.07) is 0.229. The van der Waals surface area contributed by atoms with Crippen molar-refractivity contribution < 1.29 is 14.8 Å². The Morgan fingerprint density at radius 3 is 2.24 bits per heavy atom. The van der Waals surface area contributed by atoms with Crippen LogP contribution in [0, 0.1) is 0 Å². The molecule has 21 heavy (non-hydrogen) atoms. The van der Waals surface area contributed by atoms with Crippen molar-refractivity contribution in [1.82, 2.24) is 9.80 Å². The third-order valence-corrected chi connectivity index (χ3v) is 4.18. The maximum absolute atomic E-state index is 8.77. The van der Waals surface area contributed by atoms with Gasteiger partial charge in [-0.15, -0.1) is 0 Å². The van der Waals surface area contributed by atoms with Crippen LogP contribution in [-0.2, 0) is 4.74 Å². The van der Waals surface area contributed by atoms with Gasteiger partial charge in [0.25, 0.3) is 0 Å². The molecule has 124 valence electrons. The number of methoxy groups -OCH3 is 1. The van der Waals surface area contributed by atoms with E-state index in [2.05, 4.69) is 9.80 Å². The molecule has 0 bridgehead atoms. The average molecular weight is 301 g/mol. The minimum Gasteiger partial charge on any atom is -0.427 e. The van der Waals surface area contributed by atoms with E-state index in [0.717, 1.165) is 71.6 Å². The highest BCUT2D eigenvalue weighted by atomic mass is 16.5. The molecule has 1 aliphatic rings. The lowest BCUT2D eigenvalue weighted by atomic mass is 9.83. The molecule has 0 aromatic rings. The molecule has 0 aromatic carbocycles. The molecule has 1 rings (SSSR count). The van der Waals surface area contributed by atoms with Gasteiger partial charge in [0.15, 0.2) is 0 Å². The van der Waals surface area contributed by atoms with Gasteiger partial charge in [-0.3, -0.25) is 4.90 Å². The van der Waals surface area contributed by atoms with E-state index in [4.69, 9.17) is 20.5 Å². The normalized spacial score (nSPS) is 18.9. The van der Waals surface area contributed by atoms with E-state index in [1.54, 1.807) is 7.11 Å². The summed E-state index contributed by atoms with van der Waals surface area (Å²) in [6.45, 7) is 7.39. The number of hydrogen-bond donors (Lipinski definition) is 3. The van der Waals surface area contributed by atoms with E-state index in [1.165, 1.54) is 0 Å². The number of nitrogens with two attached hydrogens (primary N) is 1. The van der Waals surface area contributed by atoms with Crippen LogP contribution >= 0.6 is 0 Å². The highest BCUT2D eigenvalue weighted by molar-refractivity contribution is 6.40. The molecule has 1 unspecified atom stereocenters. The Morgan fingerprint density at radius 2 is 1.67 bits per heavy atom. The first-order valence-corrected chi connectivity index (χ1v) is 8.17. The van der Waals surface area contributed by atoms with Crippen molar-refractivity contribution in [1.29, 1.82) is 0 Å². The van der Waals surface area contributed by atoms with Crippen LogP contribution in [0.5, 0.6) is 0 Å². The Labute approximate surface area is 129 Å². The topological polar surface area (TPSA) is 82.2 Å². The van der Waals surface area contributed by atoms with Gasteiger partial charge in [-0.25, -0.2) is 0 Å². The predicted octanol–water partition coefficient (Wildman–Crippen LogP) is -0.389. The molecule has 1 fully saturated rings. The molecule has 1 heterocycles. The fourth-order valence-electron chi connectivity index (χ4n) is 2.68. The van der Waals surface area contributed by atoms with E-state index in [0.29, 0.717) is 6.32 Å². The summed E-state index contributed by atoms with van der Waals surface area (Å²) in [5, 5.41) is 17.5. The van der Waals surface area contributed by atoms with Crippen molar-refractivity contribution in [3.05, 3.63) is 0 Å². The fourth-order valence-corrected chi connectivity index (χ4v) is 2.68. The predicted molar refractivity (Wildman–Crippen MR) is 86.2 cm³/mol. The molecule has 0 aromatic heterocycles. The summed E-state index contributed by atoms with van der Waals surface area (Å²) in [5.74, 6) is 0. The maximum Gasteiger partial charge on any atom is 0.451 e. The molecular formula is C14H32BN3O3. The quantitative estimate of drug-likeness (QED) is 0.356. The molecule has 6 nitrogen and oxygen atoms in total. The first-order valence-electron chi connectivity index (χ1n) is 8.17. The molecule has 1 atom stereocenters. The second kappa shape index (κ2) is 11.4. The Bertz CT molecular complexity index is 252. The Hall–Kier alpha value is -0.175. The lowest BCUT2D eigenvalue weighted by Gasteiger charge is -2.35. The zero-order chi connectivity index (χ0) is 15.5. The zero-order valence-corrected chi connectivity index (χ0v) is 13.4. The van der Waals surface area contributed by atoms with Crippen molar-refractivity contribution in [2.24, 2.45) is 5.73 Å². The van der Waals surface area contributed by atoms with Crippen LogP contribution in [0.15, 0.2) is 0 Å². The maximum atomic E-state index is 8.77. The standard InChI is InChI=1S/C14H32BN3O3/c1-21-13-12-18-10-8-17(9-11-18)7-5-14(16)4-2-3-6-15(19)20/h14,19-20H,2-13,16H2,1H3.